The predicted octanol–water partition coefficient (Wildman–Crippen LogP) is 2.49. The van der Waals surface area contributed by atoms with Gasteiger partial charge in [0.1, 0.15) is 11.9 Å². The summed E-state index contributed by atoms with van der Waals surface area (Å²) < 4.78 is 0. The van der Waals surface area contributed by atoms with Gasteiger partial charge in [0.15, 0.2) is 0 Å². The minimum absolute atomic E-state index is 0.0558. The van der Waals surface area contributed by atoms with Crippen molar-refractivity contribution in [3.8, 4) is 0 Å². The van der Waals surface area contributed by atoms with Crippen LogP contribution in [0.4, 0.5) is 11.4 Å². The molecule has 1 aliphatic rings. The molecule has 6 heteroatoms. The van der Waals surface area contributed by atoms with Crippen LogP contribution in [0.2, 0.25) is 0 Å². The Bertz CT molecular complexity index is 443. The van der Waals surface area contributed by atoms with Crippen molar-refractivity contribution >= 4 is 11.4 Å². The summed E-state index contributed by atoms with van der Waals surface area (Å²) >= 11 is 0. The molecule has 1 heterocycles. The van der Waals surface area contributed by atoms with Gasteiger partial charge in [-0.2, -0.15) is 0 Å². The van der Waals surface area contributed by atoms with Crippen molar-refractivity contribution in [2.75, 3.05) is 11.9 Å². The van der Waals surface area contributed by atoms with Crippen LogP contribution >= 0.6 is 0 Å². The van der Waals surface area contributed by atoms with Crippen molar-refractivity contribution in [3.05, 3.63) is 28.6 Å². The minimum Gasteiger partial charge on any atom is -0.388 e. The van der Waals surface area contributed by atoms with Gasteiger partial charge in [-0.1, -0.05) is 25.7 Å². The number of nitrogens with one attached hydrogen (secondary N) is 1. The minimum atomic E-state index is -0.756. The monoisotopic (exact) mass is 265 g/mol. The molecule has 1 fully saturated rings. The van der Waals surface area contributed by atoms with E-state index in [1.54, 1.807) is 6.07 Å². The third kappa shape index (κ3) is 3.64. The van der Waals surface area contributed by atoms with E-state index in [0.717, 1.165) is 38.5 Å². The fourth-order valence-corrected chi connectivity index (χ4v) is 2.50. The highest BCUT2D eigenvalue weighted by atomic mass is 16.6. The summed E-state index contributed by atoms with van der Waals surface area (Å²) in [6, 6.07) is 1.57. The van der Waals surface area contributed by atoms with Gasteiger partial charge < -0.3 is 10.4 Å². The molecule has 1 saturated carbocycles. The van der Waals surface area contributed by atoms with E-state index in [0.29, 0.717) is 12.2 Å². The number of anilines is 1. The van der Waals surface area contributed by atoms with E-state index in [1.807, 2.05) is 0 Å². The lowest BCUT2D eigenvalue weighted by atomic mass is 9.94. The lowest BCUT2D eigenvalue weighted by molar-refractivity contribution is -0.384. The molecule has 19 heavy (non-hydrogen) atoms. The van der Waals surface area contributed by atoms with Crippen molar-refractivity contribution in [1.82, 2.24) is 4.98 Å². The molecule has 2 N–H and O–H groups in total. The lowest BCUT2D eigenvalue weighted by Crippen LogP contribution is -2.36. The number of nitrogens with zero attached hydrogens (tertiary/aromatic N) is 2. The van der Waals surface area contributed by atoms with Gasteiger partial charge in [0.25, 0.3) is 0 Å². The molecule has 0 aromatic carbocycles. The second-order valence-corrected chi connectivity index (χ2v) is 5.14. The van der Waals surface area contributed by atoms with E-state index in [-0.39, 0.29) is 5.69 Å². The Balaban J connectivity index is 2.03. The van der Waals surface area contributed by atoms with E-state index < -0.39 is 10.5 Å². The maximum atomic E-state index is 10.9. The quantitative estimate of drug-likeness (QED) is 0.496. The molecule has 0 spiro atoms. The van der Waals surface area contributed by atoms with Gasteiger partial charge in [-0.05, 0) is 18.9 Å². The SMILES string of the molecule is O=[N+]([O-])c1cnccc1NCC1(O)CCCCCC1. The summed E-state index contributed by atoms with van der Waals surface area (Å²) in [4.78, 5) is 14.2. The summed E-state index contributed by atoms with van der Waals surface area (Å²) in [5.74, 6) is 0. The summed E-state index contributed by atoms with van der Waals surface area (Å²) in [5, 5.41) is 24.4. The Morgan fingerprint density at radius 1 is 1.37 bits per heavy atom. The summed E-state index contributed by atoms with van der Waals surface area (Å²) in [6.07, 6.45) is 8.55. The first-order chi connectivity index (χ1) is 9.11. The third-order valence-corrected chi connectivity index (χ3v) is 3.64. The van der Waals surface area contributed by atoms with Gasteiger partial charge >= 0.3 is 5.69 Å². The van der Waals surface area contributed by atoms with Gasteiger partial charge in [-0.3, -0.25) is 15.1 Å². The zero-order valence-electron chi connectivity index (χ0n) is 10.8. The molecule has 0 bridgehead atoms. The van der Waals surface area contributed by atoms with Crippen molar-refractivity contribution in [1.29, 1.82) is 0 Å². The second kappa shape index (κ2) is 5.97. The predicted molar refractivity (Wildman–Crippen MR) is 72.0 cm³/mol. The van der Waals surface area contributed by atoms with Crippen molar-refractivity contribution < 1.29 is 10.0 Å². The first-order valence-corrected chi connectivity index (χ1v) is 6.65. The van der Waals surface area contributed by atoms with Crippen LogP contribution in [0.25, 0.3) is 0 Å². The third-order valence-electron chi connectivity index (χ3n) is 3.64. The number of pyridine rings is 1. The molecule has 0 saturated heterocycles. The highest BCUT2D eigenvalue weighted by Crippen LogP contribution is 2.29. The summed E-state index contributed by atoms with van der Waals surface area (Å²) in [6.45, 7) is 0.345. The van der Waals surface area contributed by atoms with Gasteiger partial charge in [-0.25, -0.2) is 0 Å². The van der Waals surface area contributed by atoms with Crippen molar-refractivity contribution in [2.45, 2.75) is 44.1 Å². The van der Waals surface area contributed by atoms with Gasteiger partial charge in [-0.15, -0.1) is 0 Å². The van der Waals surface area contributed by atoms with Crippen LogP contribution in [0, 0.1) is 10.1 Å². The molecule has 2 rings (SSSR count). The number of rotatable bonds is 4. The molecule has 0 unspecified atom stereocenters. The smallest absolute Gasteiger partial charge is 0.310 e. The van der Waals surface area contributed by atoms with E-state index in [2.05, 4.69) is 10.3 Å². The van der Waals surface area contributed by atoms with Crippen molar-refractivity contribution in [3.63, 3.8) is 0 Å². The van der Waals surface area contributed by atoms with E-state index in [9.17, 15) is 15.2 Å². The zero-order chi connectivity index (χ0) is 13.7. The molecule has 0 atom stereocenters. The molecule has 104 valence electrons. The summed E-state index contributed by atoms with van der Waals surface area (Å²) in [7, 11) is 0. The Kier molecular flexibility index (Phi) is 4.31. The zero-order valence-corrected chi connectivity index (χ0v) is 10.8. The highest BCUT2D eigenvalue weighted by Gasteiger charge is 2.28. The number of aromatic nitrogens is 1. The van der Waals surface area contributed by atoms with Gasteiger partial charge in [0, 0.05) is 12.7 Å². The van der Waals surface area contributed by atoms with Crippen molar-refractivity contribution in [2.24, 2.45) is 0 Å². The Labute approximate surface area is 112 Å². The molecule has 6 nitrogen and oxygen atoms in total. The van der Waals surface area contributed by atoms with E-state index >= 15 is 0 Å². The molecule has 1 aromatic heterocycles. The second-order valence-electron chi connectivity index (χ2n) is 5.14. The number of nitro groups is 1. The highest BCUT2D eigenvalue weighted by molar-refractivity contribution is 5.59. The maximum Gasteiger partial charge on any atom is 0.310 e. The first kappa shape index (κ1) is 13.7. The van der Waals surface area contributed by atoms with Crippen LogP contribution in [0.15, 0.2) is 18.5 Å². The normalized spacial score (nSPS) is 18.6. The van der Waals surface area contributed by atoms with Gasteiger partial charge in [0.05, 0.1) is 10.5 Å². The summed E-state index contributed by atoms with van der Waals surface area (Å²) in [5.41, 5.74) is -0.398. The van der Waals surface area contributed by atoms with Crippen LogP contribution in [-0.2, 0) is 0 Å². The Morgan fingerprint density at radius 2 is 2.05 bits per heavy atom. The average molecular weight is 265 g/mol. The molecular formula is C13H19N3O3. The topological polar surface area (TPSA) is 88.3 Å². The number of hydrogen-bond acceptors (Lipinski definition) is 5. The standard InChI is InChI=1S/C13H19N3O3/c17-13(6-3-1-2-4-7-13)10-15-11-5-8-14-9-12(11)16(18)19/h5,8-9,17H,1-4,6-7,10H2,(H,14,15). The molecule has 1 aromatic rings. The number of aliphatic hydroxyl groups is 1. The fourth-order valence-electron chi connectivity index (χ4n) is 2.50. The van der Waals surface area contributed by atoms with Crippen LogP contribution in [0.3, 0.4) is 0 Å². The molecule has 1 aliphatic carbocycles. The first-order valence-electron chi connectivity index (χ1n) is 6.65. The lowest BCUT2D eigenvalue weighted by Gasteiger charge is -2.27. The van der Waals surface area contributed by atoms with Crippen LogP contribution in [0.5, 0.6) is 0 Å². The Hall–Kier alpha value is -1.69. The van der Waals surface area contributed by atoms with Crippen LogP contribution < -0.4 is 5.32 Å². The van der Waals surface area contributed by atoms with E-state index in [1.165, 1.54) is 12.4 Å². The van der Waals surface area contributed by atoms with E-state index in [4.69, 9.17) is 0 Å². The fraction of sp³-hybridized carbons (Fsp3) is 0.615. The average Bonchev–Trinajstić information content (AvgIpc) is 2.62. The molecule has 0 amide bonds. The Morgan fingerprint density at radius 3 is 2.68 bits per heavy atom. The molecular weight excluding hydrogens is 246 g/mol. The molecule has 0 aliphatic heterocycles. The van der Waals surface area contributed by atoms with Gasteiger partial charge in [0.2, 0.25) is 0 Å². The maximum absolute atomic E-state index is 10.9. The number of hydrogen-bond donors (Lipinski definition) is 2. The van der Waals surface area contributed by atoms with Crippen LogP contribution in [0.1, 0.15) is 38.5 Å². The molecule has 0 radical (unpaired) electrons. The van der Waals surface area contributed by atoms with Crippen LogP contribution in [-0.4, -0.2) is 27.2 Å². The largest absolute Gasteiger partial charge is 0.388 e.